The molecule has 0 rings (SSSR count). The van der Waals surface area contributed by atoms with Crippen molar-refractivity contribution < 1.29 is 14.7 Å². The number of aliphatic carboxylic acids is 1. The zero-order valence-corrected chi connectivity index (χ0v) is 8.13. The Hall–Kier alpha value is -1.58. The largest absolute Gasteiger partial charge is 0.478 e. The summed E-state index contributed by atoms with van der Waals surface area (Å²) in [5, 5.41) is 7.89. The van der Waals surface area contributed by atoms with Gasteiger partial charge in [-0.05, 0) is 20.8 Å². The van der Waals surface area contributed by atoms with Crippen LogP contribution in [0.15, 0.2) is 23.8 Å². The van der Waals surface area contributed by atoms with Crippen molar-refractivity contribution in [3.63, 3.8) is 0 Å². The maximum Gasteiger partial charge on any atom is 0.330 e. The lowest BCUT2D eigenvalue weighted by Gasteiger charge is -1.85. The monoisotopic (exact) mass is 185 g/mol. The second-order valence-electron chi connectivity index (χ2n) is 2.42. The smallest absolute Gasteiger partial charge is 0.330 e. The van der Waals surface area contributed by atoms with E-state index in [4.69, 9.17) is 10.8 Å². The van der Waals surface area contributed by atoms with E-state index >= 15 is 0 Å². The van der Waals surface area contributed by atoms with Crippen molar-refractivity contribution in [2.24, 2.45) is 5.73 Å². The lowest BCUT2D eigenvalue weighted by Crippen LogP contribution is -2.10. The van der Waals surface area contributed by atoms with Crippen molar-refractivity contribution in [3.05, 3.63) is 23.8 Å². The van der Waals surface area contributed by atoms with Gasteiger partial charge in [0.25, 0.3) is 0 Å². The van der Waals surface area contributed by atoms with Crippen molar-refractivity contribution in [1.82, 2.24) is 0 Å². The molecule has 0 saturated carbocycles. The van der Waals surface area contributed by atoms with Crippen LogP contribution in [0.2, 0.25) is 0 Å². The highest BCUT2D eigenvalue weighted by molar-refractivity contribution is 5.91. The fraction of sp³-hybridized carbons (Fsp3) is 0.333. The van der Waals surface area contributed by atoms with Crippen molar-refractivity contribution in [3.8, 4) is 0 Å². The second-order valence-corrected chi connectivity index (χ2v) is 2.42. The lowest BCUT2D eigenvalue weighted by atomic mass is 10.3. The summed E-state index contributed by atoms with van der Waals surface area (Å²) < 4.78 is 0. The minimum atomic E-state index is -0.935. The van der Waals surface area contributed by atoms with E-state index in [1.807, 2.05) is 0 Å². The first-order valence-electron chi connectivity index (χ1n) is 3.64. The van der Waals surface area contributed by atoms with Gasteiger partial charge in [-0.3, -0.25) is 4.79 Å². The van der Waals surface area contributed by atoms with Gasteiger partial charge in [0, 0.05) is 11.1 Å². The molecule has 74 valence electrons. The molecule has 0 fully saturated rings. The Bertz CT molecular complexity index is 229. The van der Waals surface area contributed by atoms with E-state index < -0.39 is 5.97 Å². The zero-order valence-electron chi connectivity index (χ0n) is 8.13. The van der Waals surface area contributed by atoms with E-state index in [9.17, 15) is 9.59 Å². The lowest BCUT2D eigenvalue weighted by molar-refractivity contribution is -0.132. The Morgan fingerprint density at radius 2 is 1.69 bits per heavy atom. The standard InChI is InChI=1S/C5H9NO.C4H6O2/c1-3-4(2)5(6)7;1-3(2)4(5)6/h3H,1-2H3,(H2,6,7);1H2,2H3,(H,5,6)/b4-3+;. The Balaban J connectivity index is 0. The van der Waals surface area contributed by atoms with Gasteiger partial charge in [0.2, 0.25) is 5.91 Å². The fourth-order valence-electron chi connectivity index (χ4n) is 0.142. The first kappa shape index (κ1) is 14.0. The number of carboxylic acid groups (broad SMARTS) is 1. The van der Waals surface area contributed by atoms with E-state index in [0.717, 1.165) is 0 Å². The van der Waals surface area contributed by atoms with Gasteiger partial charge < -0.3 is 10.8 Å². The predicted octanol–water partition coefficient (Wildman–Crippen LogP) is 1.08. The molecule has 0 radical (unpaired) electrons. The maximum absolute atomic E-state index is 10.1. The SMILES string of the molecule is C/C=C(\C)C(N)=O.C=C(C)C(=O)O. The first-order valence-corrected chi connectivity index (χ1v) is 3.64. The minimum Gasteiger partial charge on any atom is -0.478 e. The first-order chi connectivity index (χ1) is 5.82. The third-order valence-electron chi connectivity index (χ3n) is 1.19. The summed E-state index contributed by atoms with van der Waals surface area (Å²) in [6.45, 7) is 8.06. The Morgan fingerprint density at radius 1 is 1.38 bits per heavy atom. The van der Waals surface area contributed by atoms with E-state index in [1.165, 1.54) is 6.92 Å². The average molecular weight is 185 g/mol. The predicted molar refractivity (Wildman–Crippen MR) is 51.1 cm³/mol. The van der Waals surface area contributed by atoms with Crippen LogP contribution in [0.5, 0.6) is 0 Å². The van der Waals surface area contributed by atoms with Crippen LogP contribution in [0.25, 0.3) is 0 Å². The van der Waals surface area contributed by atoms with Gasteiger partial charge in [0.05, 0.1) is 0 Å². The summed E-state index contributed by atoms with van der Waals surface area (Å²) in [6, 6.07) is 0. The number of primary amides is 1. The average Bonchev–Trinajstić information content (AvgIpc) is 2.03. The fourth-order valence-corrected chi connectivity index (χ4v) is 0.142. The quantitative estimate of drug-likeness (QED) is 0.632. The van der Waals surface area contributed by atoms with Gasteiger partial charge in [-0.2, -0.15) is 0 Å². The summed E-state index contributed by atoms with van der Waals surface area (Å²) in [5.41, 5.74) is 5.63. The highest BCUT2D eigenvalue weighted by Gasteiger charge is 1.90. The minimum absolute atomic E-state index is 0.176. The molecule has 0 heterocycles. The van der Waals surface area contributed by atoms with Crippen molar-refractivity contribution in [1.29, 1.82) is 0 Å². The molecule has 4 nitrogen and oxygen atoms in total. The number of hydrogen-bond acceptors (Lipinski definition) is 2. The number of hydrogen-bond donors (Lipinski definition) is 2. The number of carbonyl (C=O) groups excluding carboxylic acids is 1. The number of carbonyl (C=O) groups is 2. The third kappa shape index (κ3) is 10.4. The van der Waals surface area contributed by atoms with Crippen LogP contribution in [-0.4, -0.2) is 17.0 Å². The van der Waals surface area contributed by atoms with Crippen molar-refractivity contribution in [2.75, 3.05) is 0 Å². The van der Waals surface area contributed by atoms with Crippen LogP contribution in [0.3, 0.4) is 0 Å². The van der Waals surface area contributed by atoms with Crippen LogP contribution >= 0.6 is 0 Å². The zero-order chi connectivity index (χ0) is 11.0. The van der Waals surface area contributed by atoms with Gasteiger partial charge >= 0.3 is 5.97 Å². The van der Waals surface area contributed by atoms with Crippen molar-refractivity contribution >= 4 is 11.9 Å². The number of rotatable bonds is 2. The van der Waals surface area contributed by atoms with E-state index in [0.29, 0.717) is 5.57 Å². The van der Waals surface area contributed by atoms with Crippen LogP contribution in [-0.2, 0) is 9.59 Å². The summed E-state index contributed by atoms with van der Waals surface area (Å²) >= 11 is 0. The number of carboxylic acids is 1. The van der Waals surface area contributed by atoms with Gasteiger partial charge in [0.1, 0.15) is 0 Å². The number of nitrogens with two attached hydrogens (primary N) is 1. The normalized spacial score (nSPS) is 9.62. The van der Waals surface area contributed by atoms with Crippen molar-refractivity contribution in [2.45, 2.75) is 20.8 Å². The Labute approximate surface area is 77.7 Å². The molecule has 1 amide bonds. The summed E-state index contributed by atoms with van der Waals surface area (Å²) in [4.78, 5) is 19.7. The molecule has 0 saturated heterocycles. The van der Waals surface area contributed by atoms with Crippen LogP contribution in [0, 0.1) is 0 Å². The molecule has 0 atom stereocenters. The summed E-state index contributed by atoms with van der Waals surface area (Å²) in [7, 11) is 0. The molecule has 13 heavy (non-hydrogen) atoms. The molecular formula is C9H15NO3. The molecule has 0 aliphatic carbocycles. The molecule has 0 aromatic carbocycles. The summed E-state index contributed by atoms with van der Waals surface area (Å²) in [5.74, 6) is -1.28. The molecule has 3 N–H and O–H groups in total. The number of amides is 1. The van der Waals surface area contributed by atoms with Crippen LogP contribution in [0.1, 0.15) is 20.8 Å². The van der Waals surface area contributed by atoms with Gasteiger partial charge in [-0.1, -0.05) is 12.7 Å². The van der Waals surface area contributed by atoms with E-state index in [2.05, 4.69) is 6.58 Å². The third-order valence-corrected chi connectivity index (χ3v) is 1.19. The molecular weight excluding hydrogens is 170 g/mol. The molecule has 4 heteroatoms. The molecule has 0 unspecified atom stereocenters. The second kappa shape index (κ2) is 7.09. The molecule has 0 aliphatic rings. The molecule has 0 aromatic heterocycles. The molecule has 0 spiro atoms. The van der Waals surface area contributed by atoms with Gasteiger partial charge in [-0.25, -0.2) is 4.79 Å². The maximum atomic E-state index is 10.1. The van der Waals surface area contributed by atoms with E-state index in [-0.39, 0.29) is 11.5 Å². The van der Waals surface area contributed by atoms with Gasteiger partial charge in [0.15, 0.2) is 0 Å². The Kier molecular flexibility index (Phi) is 7.62. The number of allylic oxidation sites excluding steroid dienone is 1. The van der Waals surface area contributed by atoms with E-state index in [1.54, 1.807) is 19.9 Å². The summed E-state index contributed by atoms with van der Waals surface area (Å²) in [6.07, 6.45) is 1.68. The molecule has 0 aliphatic heterocycles. The topological polar surface area (TPSA) is 80.4 Å². The highest BCUT2D eigenvalue weighted by atomic mass is 16.4. The van der Waals surface area contributed by atoms with Crippen LogP contribution < -0.4 is 5.73 Å². The van der Waals surface area contributed by atoms with Crippen LogP contribution in [0.4, 0.5) is 0 Å². The highest BCUT2D eigenvalue weighted by Crippen LogP contribution is 1.85. The molecule has 0 aromatic rings. The molecule has 0 bridgehead atoms. The Morgan fingerprint density at radius 3 is 1.69 bits per heavy atom. The van der Waals surface area contributed by atoms with Gasteiger partial charge in [-0.15, -0.1) is 0 Å².